The van der Waals surface area contributed by atoms with Gasteiger partial charge in [-0.2, -0.15) is 0 Å². The fourth-order valence-corrected chi connectivity index (χ4v) is 4.31. The molecular weight excluding hydrogens is 305 g/mol. The Morgan fingerprint density at radius 2 is 2.27 bits per heavy atom. The zero-order valence-electron chi connectivity index (χ0n) is 12.6. The molecule has 5 nitrogen and oxygen atoms in total. The first-order valence-corrected chi connectivity index (χ1v) is 8.51. The van der Waals surface area contributed by atoms with Gasteiger partial charge in [-0.15, -0.1) is 11.3 Å². The van der Waals surface area contributed by atoms with E-state index in [1.807, 2.05) is 0 Å². The number of anilines is 1. The highest BCUT2D eigenvalue weighted by atomic mass is 32.1. The van der Waals surface area contributed by atoms with Gasteiger partial charge in [0.05, 0.1) is 12.2 Å². The van der Waals surface area contributed by atoms with Gasteiger partial charge in [-0.1, -0.05) is 0 Å². The Morgan fingerprint density at radius 1 is 1.45 bits per heavy atom. The minimum absolute atomic E-state index is 0.0696. The van der Waals surface area contributed by atoms with Gasteiger partial charge in [0.1, 0.15) is 6.17 Å². The van der Waals surface area contributed by atoms with Gasteiger partial charge in [-0.05, 0) is 31.6 Å². The molecule has 1 fully saturated rings. The maximum absolute atomic E-state index is 13.2. The number of thiazole rings is 1. The molecule has 1 aliphatic carbocycles. The molecule has 1 aliphatic heterocycles. The van der Waals surface area contributed by atoms with Gasteiger partial charge >= 0.3 is 0 Å². The van der Waals surface area contributed by atoms with Crippen LogP contribution in [0.5, 0.6) is 0 Å². The summed E-state index contributed by atoms with van der Waals surface area (Å²) in [4.78, 5) is 30.5. The third-order valence-corrected chi connectivity index (χ3v) is 5.31. The summed E-state index contributed by atoms with van der Waals surface area (Å²) in [6.07, 6.45) is 2.69. The topological polar surface area (TPSA) is 62.3 Å². The number of rotatable bonds is 3. The molecule has 0 saturated carbocycles. The standard InChI is InChI=1S/C15H20FN3O2S/c1-9(20)17-15-18-12-3-2-10(6-13(12)22-15)7-14(21)19-5-4-11(16)8-19/h10-11H,2-8H2,1H3,(H,17,18,20)/t10?,11-/m0/s1. The summed E-state index contributed by atoms with van der Waals surface area (Å²) in [6.45, 7) is 2.27. The lowest BCUT2D eigenvalue weighted by molar-refractivity contribution is -0.131. The number of carbonyl (C=O) groups excluding carboxylic acids is 2. The van der Waals surface area contributed by atoms with Crippen LogP contribution in [0.1, 0.15) is 36.8 Å². The molecule has 22 heavy (non-hydrogen) atoms. The number of carbonyl (C=O) groups is 2. The van der Waals surface area contributed by atoms with E-state index in [-0.39, 0.29) is 18.4 Å². The largest absolute Gasteiger partial charge is 0.340 e. The smallest absolute Gasteiger partial charge is 0.223 e. The second-order valence-corrected chi connectivity index (χ2v) is 7.19. The number of alkyl halides is 1. The Labute approximate surface area is 132 Å². The molecule has 2 atom stereocenters. The molecule has 0 radical (unpaired) electrons. The Bertz CT molecular complexity index is 589. The summed E-state index contributed by atoms with van der Waals surface area (Å²) in [6, 6.07) is 0. The SMILES string of the molecule is CC(=O)Nc1nc2c(s1)CC(CC(=O)N1CC[C@H](F)C1)CC2. The van der Waals surface area contributed by atoms with Gasteiger partial charge in [0, 0.05) is 24.8 Å². The number of nitrogens with one attached hydrogen (secondary N) is 1. The fraction of sp³-hybridized carbons (Fsp3) is 0.667. The second kappa shape index (κ2) is 6.32. The predicted octanol–water partition coefficient (Wildman–Crippen LogP) is 2.17. The van der Waals surface area contributed by atoms with E-state index in [1.54, 1.807) is 4.90 Å². The summed E-state index contributed by atoms with van der Waals surface area (Å²) >= 11 is 1.50. The molecule has 1 aromatic rings. The van der Waals surface area contributed by atoms with Crippen LogP contribution in [-0.2, 0) is 22.4 Å². The number of likely N-dealkylation sites (tertiary alicyclic amines) is 1. The Morgan fingerprint density at radius 3 is 2.95 bits per heavy atom. The van der Waals surface area contributed by atoms with Crippen LogP contribution in [-0.4, -0.2) is 41.0 Å². The van der Waals surface area contributed by atoms with Crippen LogP contribution in [0.15, 0.2) is 0 Å². The van der Waals surface area contributed by atoms with Crippen LogP contribution in [0.2, 0.25) is 0 Å². The molecular formula is C15H20FN3O2S. The van der Waals surface area contributed by atoms with Crippen molar-refractivity contribution in [3.63, 3.8) is 0 Å². The first kappa shape index (κ1) is 15.4. The number of hydrogen-bond acceptors (Lipinski definition) is 4. The molecule has 1 unspecified atom stereocenters. The van der Waals surface area contributed by atoms with Crippen molar-refractivity contribution in [1.82, 2.24) is 9.88 Å². The van der Waals surface area contributed by atoms with Gasteiger partial charge in [-0.3, -0.25) is 9.59 Å². The molecule has 0 aromatic carbocycles. The highest BCUT2D eigenvalue weighted by Gasteiger charge is 2.29. The van der Waals surface area contributed by atoms with E-state index in [0.29, 0.717) is 30.4 Å². The van der Waals surface area contributed by atoms with Gasteiger partial charge in [0.15, 0.2) is 5.13 Å². The summed E-state index contributed by atoms with van der Waals surface area (Å²) in [7, 11) is 0. The van der Waals surface area contributed by atoms with Gasteiger partial charge in [-0.25, -0.2) is 9.37 Å². The number of aromatic nitrogens is 1. The molecule has 1 N–H and O–H groups in total. The molecule has 2 aliphatic rings. The average Bonchev–Trinajstić information content (AvgIpc) is 3.03. The Balaban J connectivity index is 1.58. The maximum Gasteiger partial charge on any atom is 0.223 e. The first-order valence-electron chi connectivity index (χ1n) is 7.69. The van der Waals surface area contributed by atoms with Crippen LogP contribution in [0.4, 0.5) is 9.52 Å². The van der Waals surface area contributed by atoms with Crippen molar-refractivity contribution in [3.8, 4) is 0 Å². The fourth-order valence-electron chi connectivity index (χ4n) is 3.14. The molecule has 0 spiro atoms. The minimum atomic E-state index is -0.858. The number of halogens is 1. The van der Waals surface area contributed by atoms with Gasteiger partial charge in [0.2, 0.25) is 11.8 Å². The number of hydrogen-bond donors (Lipinski definition) is 1. The summed E-state index contributed by atoms with van der Waals surface area (Å²) in [5.74, 6) is 0.247. The van der Waals surface area contributed by atoms with E-state index in [2.05, 4.69) is 10.3 Å². The van der Waals surface area contributed by atoms with E-state index in [1.165, 1.54) is 18.3 Å². The van der Waals surface area contributed by atoms with Crippen molar-refractivity contribution in [2.75, 3.05) is 18.4 Å². The minimum Gasteiger partial charge on any atom is -0.340 e. The lowest BCUT2D eigenvalue weighted by atomic mass is 9.88. The normalized spacial score (nSPS) is 24.2. The van der Waals surface area contributed by atoms with E-state index in [0.717, 1.165) is 29.8 Å². The lowest BCUT2D eigenvalue weighted by Gasteiger charge is -2.23. The number of fused-ring (bicyclic) bond motifs is 1. The Kier molecular flexibility index (Phi) is 4.42. The van der Waals surface area contributed by atoms with E-state index in [4.69, 9.17) is 0 Å². The van der Waals surface area contributed by atoms with Gasteiger partial charge in [0.25, 0.3) is 0 Å². The van der Waals surface area contributed by atoms with Crippen molar-refractivity contribution >= 4 is 28.3 Å². The molecule has 1 saturated heterocycles. The first-order chi connectivity index (χ1) is 10.5. The monoisotopic (exact) mass is 325 g/mol. The molecule has 7 heteroatoms. The zero-order valence-corrected chi connectivity index (χ0v) is 13.4. The molecule has 2 heterocycles. The van der Waals surface area contributed by atoms with Crippen molar-refractivity contribution in [1.29, 1.82) is 0 Å². The number of amides is 2. The number of nitrogens with zero attached hydrogens (tertiary/aromatic N) is 2. The molecule has 3 rings (SSSR count). The Hall–Kier alpha value is -1.50. The van der Waals surface area contributed by atoms with Crippen molar-refractivity contribution in [2.24, 2.45) is 5.92 Å². The molecule has 2 amide bonds. The van der Waals surface area contributed by atoms with Gasteiger partial charge < -0.3 is 10.2 Å². The highest BCUT2D eigenvalue weighted by molar-refractivity contribution is 7.15. The third-order valence-electron chi connectivity index (χ3n) is 4.27. The van der Waals surface area contributed by atoms with Crippen molar-refractivity contribution in [2.45, 2.75) is 45.2 Å². The van der Waals surface area contributed by atoms with Crippen LogP contribution in [0.3, 0.4) is 0 Å². The van der Waals surface area contributed by atoms with E-state index < -0.39 is 6.17 Å². The van der Waals surface area contributed by atoms with Crippen LogP contribution in [0.25, 0.3) is 0 Å². The van der Waals surface area contributed by atoms with Crippen LogP contribution >= 0.6 is 11.3 Å². The van der Waals surface area contributed by atoms with E-state index >= 15 is 0 Å². The highest BCUT2D eigenvalue weighted by Crippen LogP contribution is 2.34. The lowest BCUT2D eigenvalue weighted by Crippen LogP contribution is -2.31. The zero-order chi connectivity index (χ0) is 15.7. The maximum atomic E-state index is 13.2. The van der Waals surface area contributed by atoms with Crippen molar-refractivity contribution in [3.05, 3.63) is 10.6 Å². The summed E-state index contributed by atoms with van der Waals surface area (Å²) < 4.78 is 13.2. The number of aryl methyl sites for hydroxylation is 1. The molecule has 1 aromatic heterocycles. The summed E-state index contributed by atoms with van der Waals surface area (Å²) in [5, 5.41) is 3.36. The van der Waals surface area contributed by atoms with E-state index in [9.17, 15) is 14.0 Å². The average molecular weight is 325 g/mol. The quantitative estimate of drug-likeness (QED) is 0.926. The summed E-state index contributed by atoms with van der Waals surface area (Å²) in [5.41, 5.74) is 1.04. The molecule has 0 bridgehead atoms. The van der Waals surface area contributed by atoms with Crippen LogP contribution in [0, 0.1) is 5.92 Å². The predicted molar refractivity (Wildman–Crippen MR) is 82.6 cm³/mol. The van der Waals surface area contributed by atoms with Crippen LogP contribution < -0.4 is 5.32 Å². The third kappa shape index (κ3) is 3.45. The van der Waals surface area contributed by atoms with Crippen molar-refractivity contribution < 1.29 is 14.0 Å². The molecule has 120 valence electrons. The second-order valence-electron chi connectivity index (χ2n) is 6.11.